The topological polar surface area (TPSA) is 92.4 Å². The van der Waals surface area contributed by atoms with Crippen molar-refractivity contribution in [1.29, 1.82) is 0 Å². The lowest BCUT2D eigenvalue weighted by atomic mass is 10.1. The highest BCUT2D eigenvalue weighted by Gasteiger charge is 2.28. The molecule has 0 bridgehead atoms. The molecule has 1 aliphatic rings. The molecule has 166 valence electrons. The van der Waals surface area contributed by atoms with Gasteiger partial charge in [-0.2, -0.15) is 4.98 Å². The summed E-state index contributed by atoms with van der Waals surface area (Å²) in [5, 5.41) is 4.13. The Labute approximate surface area is 187 Å². The van der Waals surface area contributed by atoms with E-state index in [4.69, 9.17) is 4.52 Å². The third-order valence-electron chi connectivity index (χ3n) is 5.87. The second kappa shape index (κ2) is 9.82. The number of carbonyl (C=O) groups excluding carboxylic acids is 2. The Morgan fingerprint density at radius 1 is 1.06 bits per heavy atom. The van der Waals surface area contributed by atoms with Gasteiger partial charge in [-0.15, -0.1) is 0 Å². The normalized spacial score (nSPS) is 15.5. The second-order valence-corrected chi connectivity index (χ2v) is 8.08. The first-order valence-electron chi connectivity index (χ1n) is 10.9. The smallest absolute Gasteiger partial charge is 0.244 e. The number of nitrogens with zero attached hydrogens (tertiary/aromatic N) is 5. The van der Waals surface area contributed by atoms with Crippen LogP contribution in [0.4, 0.5) is 0 Å². The van der Waals surface area contributed by atoms with Crippen LogP contribution in [0.1, 0.15) is 47.6 Å². The van der Waals surface area contributed by atoms with E-state index in [9.17, 15) is 9.59 Å². The first-order valence-corrected chi connectivity index (χ1v) is 10.9. The Balaban J connectivity index is 1.27. The number of rotatable bonds is 7. The van der Waals surface area contributed by atoms with Crippen molar-refractivity contribution in [3.8, 4) is 11.4 Å². The minimum Gasteiger partial charge on any atom is -0.340 e. The van der Waals surface area contributed by atoms with Crippen molar-refractivity contribution in [3.63, 3.8) is 0 Å². The largest absolute Gasteiger partial charge is 0.340 e. The molecule has 8 nitrogen and oxygen atoms in total. The maximum absolute atomic E-state index is 12.6. The molecule has 1 aliphatic heterocycles. The molecule has 1 fully saturated rings. The van der Waals surface area contributed by atoms with Crippen LogP contribution in [0.15, 0.2) is 53.3 Å². The number of carbonyl (C=O) groups is 2. The summed E-state index contributed by atoms with van der Waals surface area (Å²) < 4.78 is 5.52. The van der Waals surface area contributed by atoms with Crippen molar-refractivity contribution >= 4 is 11.7 Å². The molecule has 8 heteroatoms. The van der Waals surface area contributed by atoms with Crippen molar-refractivity contribution in [2.45, 2.75) is 32.7 Å². The van der Waals surface area contributed by atoms with E-state index in [-0.39, 0.29) is 30.6 Å². The molecule has 4 rings (SSSR count). The van der Waals surface area contributed by atoms with Gasteiger partial charge in [-0.3, -0.25) is 19.5 Å². The van der Waals surface area contributed by atoms with Crippen LogP contribution in [-0.2, 0) is 4.79 Å². The van der Waals surface area contributed by atoms with Crippen LogP contribution in [0.2, 0.25) is 0 Å². The Morgan fingerprint density at radius 3 is 2.50 bits per heavy atom. The Hall–Kier alpha value is -3.39. The average molecular weight is 434 g/mol. The predicted molar refractivity (Wildman–Crippen MR) is 119 cm³/mol. The van der Waals surface area contributed by atoms with Gasteiger partial charge in [-0.1, -0.05) is 35.0 Å². The second-order valence-electron chi connectivity index (χ2n) is 8.08. The number of hydrogen-bond acceptors (Lipinski definition) is 7. The van der Waals surface area contributed by atoms with Gasteiger partial charge in [0.05, 0.1) is 6.04 Å². The third kappa shape index (κ3) is 5.08. The van der Waals surface area contributed by atoms with Crippen LogP contribution < -0.4 is 0 Å². The Morgan fingerprint density at radius 2 is 1.81 bits per heavy atom. The van der Waals surface area contributed by atoms with Gasteiger partial charge < -0.3 is 9.42 Å². The zero-order chi connectivity index (χ0) is 22.5. The highest BCUT2D eigenvalue weighted by Crippen LogP contribution is 2.24. The molecule has 0 unspecified atom stereocenters. The molecule has 0 N–H and O–H groups in total. The van der Waals surface area contributed by atoms with Gasteiger partial charge in [0.15, 0.2) is 5.78 Å². The third-order valence-corrected chi connectivity index (χ3v) is 5.87. The summed E-state index contributed by atoms with van der Waals surface area (Å²) in [4.78, 5) is 37.4. The number of hydrogen-bond donors (Lipinski definition) is 0. The van der Waals surface area contributed by atoms with Crippen molar-refractivity contribution < 1.29 is 14.1 Å². The van der Waals surface area contributed by atoms with Crippen molar-refractivity contribution in [2.75, 3.05) is 26.2 Å². The van der Waals surface area contributed by atoms with Crippen molar-refractivity contribution in [1.82, 2.24) is 24.9 Å². The molecule has 1 atom stereocenters. The number of Topliss-reactive ketones (excluding diaryl/α,β-unsaturated/α-hetero) is 1. The first kappa shape index (κ1) is 21.8. The fourth-order valence-corrected chi connectivity index (χ4v) is 3.79. The summed E-state index contributed by atoms with van der Waals surface area (Å²) in [5.74, 6) is 1.11. The molecule has 1 saturated heterocycles. The number of pyridine rings is 1. The van der Waals surface area contributed by atoms with Gasteiger partial charge in [-0.25, -0.2) is 0 Å². The number of piperazine rings is 1. The van der Waals surface area contributed by atoms with E-state index in [0.717, 1.165) is 5.56 Å². The molecule has 1 amide bonds. The number of benzene rings is 1. The lowest BCUT2D eigenvalue weighted by Gasteiger charge is -2.36. The zero-order valence-corrected chi connectivity index (χ0v) is 18.4. The molecular formula is C24H27N5O3. The number of aryl methyl sites for hydroxylation is 1. The molecule has 0 spiro atoms. The summed E-state index contributed by atoms with van der Waals surface area (Å²) in [6.45, 7) is 6.73. The van der Waals surface area contributed by atoms with Gasteiger partial charge in [0.1, 0.15) is 0 Å². The molecule has 0 saturated carbocycles. The fourth-order valence-electron chi connectivity index (χ4n) is 3.79. The van der Waals surface area contributed by atoms with Gasteiger partial charge in [0, 0.05) is 62.5 Å². The average Bonchev–Trinajstić information content (AvgIpc) is 3.33. The molecule has 3 heterocycles. The van der Waals surface area contributed by atoms with Crippen LogP contribution in [0, 0.1) is 6.92 Å². The minimum atomic E-state index is -0.0560. The highest BCUT2D eigenvalue weighted by molar-refractivity contribution is 5.97. The van der Waals surface area contributed by atoms with Crippen molar-refractivity contribution in [3.05, 3.63) is 65.8 Å². The lowest BCUT2D eigenvalue weighted by Crippen LogP contribution is -2.49. The summed E-state index contributed by atoms with van der Waals surface area (Å²) in [6, 6.07) is 11.4. The maximum atomic E-state index is 12.6. The Kier molecular flexibility index (Phi) is 6.70. The van der Waals surface area contributed by atoms with Gasteiger partial charge in [0.25, 0.3) is 0 Å². The van der Waals surface area contributed by atoms with Crippen LogP contribution >= 0.6 is 0 Å². The molecule has 0 aliphatic carbocycles. The number of amides is 1. The van der Waals surface area contributed by atoms with Crippen LogP contribution in [0.5, 0.6) is 0 Å². The molecule has 1 aromatic carbocycles. The molecular weight excluding hydrogens is 406 g/mol. The zero-order valence-electron chi connectivity index (χ0n) is 18.4. The fraction of sp³-hybridized carbons (Fsp3) is 0.375. The predicted octanol–water partition coefficient (Wildman–Crippen LogP) is 3.31. The van der Waals surface area contributed by atoms with Gasteiger partial charge >= 0.3 is 0 Å². The lowest BCUT2D eigenvalue weighted by molar-refractivity contribution is -0.133. The summed E-state index contributed by atoms with van der Waals surface area (Å²) >= 11 is 0. The summed E-state index contributed by atoms with van der Waals surface area (Å²) in [6.07, 6.45) is 3.58. The van der Waals surface area contributed by atoms with Gasteiger partial charge in [-0.05, 0) is 26.0 Å². The standard InChI is InChI=1S/C24H27N5O3/c1-17-5-7-19(8-6-17)23-26-24(32-27-23)18(2)28-12-14-29(15-13-28)22(31)10-9-21(30)20-4-3-11-25-16-20/h3-8,11,16,18H,9-10,12-15H2,1-2H3/t18-/m0/s1. The first-order chi connectivity index (χ1) is 15.5. The number of aromatic nitrogens is 3. The van der Waals surface area contributed by atoms with E-state index >= 15 is 0 Å². The summed E-state index contributed by atoms with van der Waals surface area (Å²) in [5.41, 5.74) is 2.65. The van der Waals surface area contributed by atoms with Crippen molar-refractivity contribution in [2.24, 2.45) is 0 Å². The Bertz CT molecular complexity index is 1060. The van der Waals surface area contributed by atoms with Crippen LogP contribution in [0.25, 0.3) is 11.4 Å². The van der Waals surface area contributed by atoms with E-state index in [1.807, 2.05) is 43.0 Å². The number of ketones is 1. The molecule has 2 aromatic heterocycles. The molecule has 3 aromatic rings. The highest BCUT2D eigenvalue weighted by atomic mass is 16.5. The van der Waals surface area contributed by atoms with E-state index < -0.39 is 0 Å². The quantitative estimate of drug-likeness (QED) is 0.528. The van der Waals surface area contributed by atoms with E-state index in [1.165, 1.54) is 11.8 Å². The molecule has 32 heavy (non-hydrogen) atoms. The maximum Gasteiger partial charge on any atom is 0.244 e. The van der Waals surface area contributed by atoms with Gasteiger partial charge in [0.2, 0.25) is 17.6 Å². The minimum absolute atomic E-state index is 0.00832. The SMILES string of the molecule is Cc1ccc(-c2noc([C@H](C)N3CCN(C(=O)CCC(=O)c4cccnc4)CC3)n2)cc1. The van der Waals surface area contributed by atoms with E-state index in [1.54, 1.807) is 18.3 Å². The van der Waals surface area contributed by atoms with E-state index in [2.05, 4.69) is 20.0 Å². The monoisotopic (exact) mass is 433 g/mol. The van der Waals surface area contributed by atoms with E-state index in [0.29, 0.717) is 43.5 Å². The van der Waals surface area contributed by atoms with Crippen LogP contribution in [-0.4, -0.2) is 62.8 Å². The molecule has 0 radical (unpaired) electrons. The summed E-state index contributed by atoms with van der Waals surface area (Å²) in [7, 11) is 0. The van der Waals surface area contributed by atoms with Crippen LogP contribution in [0.3, 0.4) is 0 Å².